The van der Waals surface area contributed by atoms with Crippen LogP contribution in [-0.4, -0.2) is 43.4 Å². The SMILES string of the molecule is CC(=O)Nc1ccc(CN(NS(=O)(=O)c2ccc3ccccc3c2)C(=O)N2CCCCCC2)cc1. The Morgan fingerprint density at radius 3 is 2.20 bits per heavy atom. The fraction of sp³-hybridized carbons (Fsp3) is 0.308. The molecule has 3 aromatic carbocycles. The fourth-order valence-electron chi connectivity index (χ4n) is 4.18. The lowest BCUT2D eigenvalue weighted by Gasteiger charge is -2.30. The van der Waals surface area contributed by atoms with Gasteiger partial charge in [0.2, 0.25) is 5.91 Å². The molecular formula is C26H30N4O4S. The van der Waals surface area contributed by atoms with E-state index in [-0.39, 0.29) is 23.4 Å². The maximum atomic E-state index is 13.5. The summed E-state index contributed by atoms with van der Waals surface area (Å²) in [5.41, 5.74) is 1.35. The van der Waals surface area contributed by atoms with Crippen LogP contribution in [0, 0.1) is 0 Å². The Labute approximate surface area is 205 Å². The number of urea groups is 1. The van der Waals surface area contributed by atoms with Gasteiger partial charge in [-0.3, -0.25) is 4.79 Å². The zero-order valence-corrected chi connectivity index (χ0v) is 20.6. The number of amides is 3. The number of fused-ring (bicyclic) bond motifs is 1. The number of likely N-dealkylation sites (tertiary alicyclic amines) is 1. The first-order chi connectivity index (χ1) is 16.8. The maximum Gasteiger partial charge on any atom is 0.335 e. The summed E-state index contributed by atoms with van der Waals surface area (Å²) < 4.78 is 26.7. The van der Waals surface area contributed by atoms with Gasteiger partial charge < -0.3 is 10.2 Å². The second-order valence-electron chi connectivity index (χ2n) is 8.75. The molecule has 1 fully saturated rings. The van der Waals surface area contributed by atoms with Crippen LogP contribution in [0.25, 0.3) is 10.8 Å². The van der Waals surface area contributed by atoms with Crippen molar-refractivity contribution in [1.82, 2.24) is 14.7 Å². The summed E-state index contributed by atoms with van der Waals surface area (Å²) in [6.07, 6.45) is 3.89. The summed E-state index contributed by atoms with van der Waals surface area (Å²) in [6, 6.07) is 19.0. The van der Waals surface area contributed by atoms with Crippen molar-refractivity contribution in [3.8, 4) is 0 Å². The third-order valence-electron chi connectivity index (χ3n) is 5.98. The summed E-state index contributed by atoms with van der Waals surface area (Å²) in [4.78, 5) is 29.1. The Morgan fingerprint density at radius 2 is 1.54 bits per heavy atom. The molecule has 8 nitrogen and oxygen atoms in total. The van der Waals surface area contributed by atoms with Crippen molar-refractivity contribution in [3.05, 3.63) is 72.3 Å². The van der Waals surface area contributed by atoms with E-state index < -0.39 is 10.0 Å². The summed E-state index contributed by atoms with van der Waals surface area (Å²) >= 11 is 0. The van der Waals surface area contributed by atoms with Crippen LogP contribution < -0.4 is 10.1 Å². The zero-order valence-electron chi connectivity index (χ0n) is 19.7. The molecule has 3 amide bonds. The standard InChI is InChI=1S/C26H30N4O4S/c1-20(31)27-24-13-10-21(11-14-24)19-30(26(32)29-16-6-2-3-7-17-29)28-35(33,34)25-15-12-22-8-4-5-9-23(22)18-25/h4-5,8-15,18,28H,2-3,6-7,16-17,19H2,1H3,(H,27,31). The molecule has 35 heavy (non-hydrogen) atoms. The predicted molar refractivity (Wildman–Crippen MR) is 136 cm³/mol. The maximum absolute atomic E-state index is 13.5. The average Bonchev–Trinajstić information content (AvgIpc) is 3.13. The van der Waals surface area contributed by atoms with Gasteiger partial charge in [-0.1, -0.05) is 55.3 Å². The van der Waals surface area contributed by atoms with E-state index in [1.54, 1.807) is 47.4 Å². The first kappa shape index (κ1) is 24.7. The van der Waals surface area contributed by atoms with Gasteiger partial charge in [-0.2, -0.15) is 0 Å². The van der Waals surface area contributed by atoms with E-state index in [0.717, 1.165) is 42.0 Å². The van der Waals surface area contributed by atoms with E-state index in [0.29, 0.717) is 18.8 Å². The summed E-state index contributed by atoms with van der Waals surface area (Å²) in [5.74, 6) is -0.182. The first-order valence-electron chi connectivity index (χ1n) is 11.8. The Morgan fingerprint density at radius 1 is 0.886 bits per heavy atom. The van der Waals surface area contributed by atoms with E-state index in [1.165, 1.54) is 11.9 Å². The normalized spacial score (nSPS) is 14.4. The lowest BCUT2D eigenvalue weighted by Crippen LogP contribution is -2.51. The van der Waals surface area contributed by atoms with Gasteiger partial charge in [0.05, 0.1) is 11.4 Å². The van der Waals surface area contributed by atoms with Gasteiger partial charge in [0.25, 0.3) is 10.0 Å². The molecule has 1 aliphatic rings. The van der Waals surface area contributed by atoms with Gasteiger partial charge in [0, 0.05) is 25.7 Å². The molecule has 0 aromatic heterocycles. The third-order valence-corrected chi connectivity index (χ3v) is 7.32. The zero-order chi connectivity index (χ0) is 24.8. The molecule has 0 spiro atoms. The Kier molecular flexibility index (Phi) is 7.67. The van der Waals surface area contributed by atoms with E-state index in [2.05, 4.69) is 10.1 Å². The molecule has 0 unspecified atom stereocenters. The quantitative estimate of drug-likeness (QED) is 0.493. The average molecular weight is 495 g/mol. The van der Waals surface area contributed by atoms with Crippen molar-refractivity contribution >= 4 is 38.4 Å². The van der Waals surface area contributed by atoms with Gasteiger partial charge in [0.1, 0.15) is 0 Å². The lowest BCUT2D eigenvalue weighted by molar-refractivity contribution is -0.114. The Balaban J connectivity index is 1.60. The third kappa shape index (κ3) is 6.37. The predicted octanol–water partition coefficient (Wildman–Crippen LogP) is 4.49. The number of carbonyl (C=O) groups is 2. The van der Waals surface area contributed by atoms with E-state index in [1.807, 2.05) is 24.3 Å². The fourth-order valence-corrected chi connectivity index (χ4v) is 5.25. The van der Waals surface area contributed by atoms with Crippen molar-refractivity contribution in [2.75, 3.05) is 18.4 Å². The van der Waals surface area contributed by atoms with Crippen molar-refractivity contribution in [3.63, 3.8) is 0 Å². The van der Waals surface area contributed by atoms with Crippen LogP contribution in [0.5, 0.6) is 0 Å². The molecule has 0 atom stereocenters. The highest BCUT2D eigenvalue weighted by Crippen LogP contribution is 2.20. The summed E-state index contributed by atoms with van der Waals surface area (Å²) in [7, 11) is -4.02. The lowest BCUT2D eigenvalue weighted by atomic mass is 10.1. The summed E-state index contributed by atoms with van der Waals surface area (Å²) in [6.45, 7) is 2.66. The molecule has 3 aromatic rings. The number of hydrogen-bond acceptors (Lipinski definition) is 4. The van der Waals surface area contributed by atoms with Crippen LogP contribution in [-0.2, 0) is 21.4 Å². The van der Waals surface area contributed by atoms with Gasteiger partial charge in [-0.25, -0.2) is 18.2 Å². The number of anilines is 1. The smallest absolute Gasteiger partial charge is 0.326 e. The van der Waals surface area contributed by atoms with Crippen LogP contribution in [0.2, 0.25) is 0 Å². The largest absolute Gasteiger partial charge is 0.335 e. The second-order valence-corrected chi connectivity index (χ2v) is 10.4. The van der Waals surface area contributed by atoms with Crippen LogP contribution >= 0.6 is 0 Å². The molecule has 4 rings (SSSR count). The van der Waals surface area contributed by atoms with Gasteiger partial charge in [0.15, 0.2) is 0 Å². The number of hydrazine groups is 1. The van der Waals surface area contributed by atoms with Crippen LogP contribution in [0.4, 0.5) is 10.5 Å². The number of nitrogens with one attached hydrogen (secondary N) is 2. The van der Waals surface area contributed by atoms with E-state index in [9.17, 15) is 18.0 Å². The molecule has 1 heterocycles. The number of hydrogen-bond donors (Lipinski definition) is 2. The van der Waals surface area contributed by atoms with Crippen LogP contribution in [0.1, 0.15) is 38.2 Å². The second kappa shape index (κ2) is 10.9. The highest BCUT2D eigenvalue weighted by molar-refractivity contribution is 7.89. The van der Waals surface area contributed by atoms with Crippen molar-refractivity contribution in [2.24, 2.45) is 0 Å². The molecule has 1 saturated heterocycles. The Hall–Kier alpha value is -3.43. The molecule has 184 valence electrons. The number of benzene rings is 3. The first-order valence-corrected chi connectivity index (χ1v) is 13.2. The Bertz CT molecular complexity index is 1300. The highest BCUT2D eigenvalue weighted by atomic mass is 32.2. The molecule has 1 aliphatic heterocycles. The van der Waals surface area contributed by atoms with Gasteiger partial charge in [-0.15, -0.1) is 4.83 Å². The molecule has 2 N–H and O–H groups in total. The number of rotatable bonds is 6. The molecule has 0 saturated carbocycles. The molecule has 0 bridgehead atoms. The number of sulfonamides is 1. The minimum atomic E-state index is -4.02. The van der Waals surface area contributed by atoms with E-state index >= 15 is 0 Å². The molecule has 0 aliphatic carbocycles. The van der Waals surface area contributed by atoms with Crippen LogP contribution in [0.3, 0.4) is 0 Å². The minimum absolute atomic E-state index is 0.0441. The minimum Gasteiger partial charge on any atom is -0.326 e. The number of carbonyl (C=O) groups excluding carboxylic acids is 2. The van der Waals surface area contributed by atoms with Crippen molar-refractivity contribution < 1.29 is 18.0 Å². The highest BCUT2D eigenvalue weighted by Gasteiger charge is 2.27. The molecular weight excluding hydrogens is 464 g/mol. The van der Waals surface area contributed by atoms with Gasteiger partial charge in [-0.05, 0) is 53.4 Å². The van der Waals surface area contributed by atoms with Crippen molar-refractivity contribution in [2.45, 2.75) is 44.0 Å². The molecule has 9 heteroatoms. The summed E-state index contributed by atoms with van der Waals surface area (Å²) in [5, 5.41) is 5.61. The van der Waals surface area contributed by atoms with Gasteiger partial charge >= 0.3 is 6.03 Å². The molecule has 0 radical (unpaired) electrons. The van der Waals surface area contributed by atoms with E-state index in [4.69, 9.17) is 0 Å². The topological polar surface area (TPSA) is 98.8 Å². The monoisotopic (exact) mass is 494 g/mol. The van der Waals surface area contributed by atoms with Crippen molar-refractivity contribution in [1.29, 1.82) is 0 Å². The number of nitrogens with zero attached hydrogens (tertiary/aromatic N) is 2. The van der Waals surface area contributed by atoms with Crippen LogP contribution in [0.15, 0.2) is 71.6 Å².